The van der Waals surface area contributed by atoms with Crippen LogP contribution in [0.25, 0.3) is 0 Å². The molecule has 0 saturated heterocycles. The van der Waals surface area contributed by atoms with E-state index in [0.717, 1.165) is 0 Å². The highest BCUT2D eigenvalue weighted by molar-refractivity contribution is 5.84. The lowest BCUT2D eigenvalue weighted by Gasteiger charge is -2.09. The van der Waals surface area contributed by atoms with Crippen molar-refractivity contribution in [3.8, 4) is 0 Å². The third kappa shape index (κ3) is 3.57. The molecule has 0 spiro atoms. The van der Waals surface area contributed by atoms with Gasteiger partial charge in [-0.2, -0.15) is 0 Å². The first-order valence-electron chi connectivity index (χ1n) is 3.19. The average Bonchev–Trinajstić information content (AvgIpc) is 2.02. The lowest BCUT2D eigenvalue weighted by atomic mass is 10.3. The van der Waals surface area contributed by atoms with Crippen LogP contribution in [0, 0.1) is 0 Å². The predicted octanol–water partition coefficient (Wildman–Crippen LogP) is -1.38. The summed E-state index contributed by atoms with van der Waals surface area (Å²) in [6, 6.07) is -0.629. The summed E-state index contributed by atoms with van der Waals surface area (Å²) < 4.78 is 4.36. The van der Waals surface area contributed by atoms with E-state index < -0.39 is 12.0 Å². The number of carbonyl (C=O) groups excluding carboxylic acids is 2. The molecule has 0 aromatic rings. The lowest BCUT2D eigenvalue weighted by molar-refractivity contribution is -0.144. The molecule has 1 atom stereocenters. The molecule has 0 saturated carbocycles. The molecule has 0 radical (unpaired) electrons. The Kier molecular flexibility index (Phi) is 4.21. The molecule has 1 amide bonds. The third-order valence-electron chi connectivity index (χ3n) is 1.12. The van der Waals surface area contributed by atoms with Crippen LogP contribution in [0.15, 0.2) is 0 Å². The predicted molar refractivity (Wildman–Crippen MR) is 38.7 cm³/mol. The number of hydrogen-bond donors (Lipinski definition) is 2. The Hall–Kier alpha value is -1.10. The van der Waals surface area contributed by atoms with E-state index in [9.17, 15) is 9.59 Å². The summed E-state index contributed by atoms with van der Waals surface area (Å²) in [5.74, 6) is -0.852. The van der Waals surface area contributed by atoms with Crippen LogP contribution >= 0.6 is 0 Å². The molecule has 0 unspecified atom stereocenters. The average molecular weight is 160 g/mol. The molecule has 0 aliphatic rings. The fraction of sp³-hybridized carbons (Fsp3) is 0.667. The summed E-state index contributed by atoms with van der Waals surface area (Å²) in [5.41, 5.74) is 5.00. The van der Waals surface area contributed by atoms with Gasteiger partial charge in [-0.1, -0.05) is 0 Å². The molecule has 0 aliphatic heterocycles. The Bertz CT molecular complexity index is 158. The Labute approximate surface area is 64.9 Å². The highest BCUT2D eigenvalue weighted by Crippen LogP contribution is 1.84. The zero-order chi connectivity index (χ0) is 8.85. The first kappa shape index (κ1) is 9.90. The molecular weight excluding hydrogens is 148 g/mol. The quantitative estimate of drug-likeness (QED) is 0.499. The van der Waals surface area contributed by atoms with Crippen molar-refractivity contribution < 1.29 is 14.3 Å². The van der Waals surface area contributed by atoms with Gasteiger partial charge in [-0.05, 0) is 6.92 Å². The molecular formula is C6H12N2O3. The van der Waals surface area contributed by atoms with Crippen LogP contribution in [0.2, 0.25) is 0 Å². The van der Waals surface area contributed by atoms with Gasteiger partial charge in [0.1, 0.15) is 6.04 Å². The zero-order valence-electron chi connectivity index (χ0n) is 6.59. The first-order valence-corrected chi connectivity index (χ1v) is 3.19. The number of ether oxygens (including phenoxy) is 1. The molecule has 0 aromatic heterocycles. The third-order valence-corrected chi connectivity index (χ3v) is 1.12. The van der Waals surface area contributed by atoms with Crippen LogP contribution in [0.3, 0.4) is 0 Å². The van der Waals surface area contributed by atoms with Gasteiger partial charge in [-0.15, -0.1) is 0 Å². The normalized spacial score (nSPS) is 11.9. The van der Waals surface area contributed by atoms with Crippen molar-refractivity contribution in [3.05, 3.63) is 0 Å². The maximum atomic E-state index is 10.7. The first-order chi connectivity index (χ1) is 5.11. The van der Waals surface area contributed by atoms with E-state index in [2.05, 4.69) is 10.1 Å². The van der Waals surface area contributed by atoms with Crippen molar-refractivity contribution >= 4 is 11.9 Å². The zero-order valence-corrected chi connectivity index (χ0v) is 6.59. The van der Waals surface area contributed by atoms with Crippen molar-refractivity contribution in [3.63, 3.8) is 0 Å². The monoisotopic (exact) mass is 160 g/mol. The molecule has 11 heavy (non-hydrogen) atoms. The summed E-state index contributed by atoms with van der Waals surface area (Å²) in [5, 5.41) is 2.34. The Morgan fingerprint density at radius 3 is 2.55 bits per heavy atom. The van der Waals surface area contributed by atoms with E-state index in [1.165, 1.54) is 14.0 Å². The smallest absolute Gasteiger partial charge is 0.328 e. The molecule has 3 N–H and O–H groups in total. The van der Waals surface area contributed by atoms with Crippen molar-refractivity contribution in [1.82, 2.24) is 5.32 Å². The minimum atomic E-state index is -0.629. The number of carbonyl (C=O) groups is 2. The second kappa shape index (κ2) is 4.68. The van der Waals surface area contributed by atoms with Crippen molar-refractivity contribution in [1.29, 1.82) is 0 Å². The van der Waals surface area contributed by atoms with Crippen LogP contribution in [0.5, 0.6) is 0 Å². The summed E-state index contributed by atoms with van der Waals surface area (Å²) in [6.07, 6.45) is 0. The Morgan fingerprint density at radius 2 is 2.18 bits per heavy atom. The van der Waals surface area contributed by atoms with Gasteiger partial charge in [0.25, 0.3) is 0 Å². The van der Waals surface area contributed by atoms with Gasteiger partial charge in [0.15, 0.2) is 0 Å². The van der Waals surface area contributed by atoms with Gasteiger partial charge in [0.2, 0.25) is 5.91 Å². The van der Waals surface area contributed by atoms with E-state index in [0.29, 0.717) is 0 Å². The number of rotatable bonds is 3. The van der Waals surface area contributed by atoms with E-state index in [-0.39, 0.29) is 12.5 Å². The molecule has 0 aromatic carbocycles. The van der Waals surface area contributed by atoms with Gasteiger partial charge < -0.3 is 15.8 Å². The summed E-state index contributed by atoms with van der Waals surface area (Å²) >= 11 is 0. The second-order valence-corrected chi connectivity index (χ2v) is 2.02. The Morgan fingerprint density at radius 1 is 1.64 bits per heavy atom. The number of methoxy groups -OCH3 is 1. The minimum Gasteiger partial charge on any atom is -0.467 e. The number of nitrogens with two attached hydrogens (primary N) is 1. The Balaban J connectivity index is 3.77. The van der Waals surface area contributed by atoms with Gasteiger partial charge in [0.05, 0.1) is 13.7 Å². The van der Waals surface area contributed by atoms with Crippen LogP contribution in [0.4, 0.5) is 0 Å². The maximum Gasteiger partial charge on any atom is 0.328 e. The fourth-order valence-corrected chi connectivity index (χ4v) is 0.536. The van der Waals surface area contributed by atoms with Crippen LogP contribution < -0.4 is 11.1 Å². The molecule has 5 heteroatoms. The second-order valence-electron chi connectivity index (χ2n) is 2.02. The summed E-state index contributed by atoms with van der Waals surface area (Å²) in [6.45, 7) is 1.40. The number of amides is 1. The van der Waals surface area contributed by atoms with Crippen LogP contribution in [0.1, 0.15) is 6.92 Å². The standard InChI is InChI=1S/C6H12N2O3/c1-4(6(10)11-2)8-5(9)3-7/h4H,3,7H2,1-2H3,(H,8,9)/t4-/m0/s1. The SMILES string of the molecule is COC(=O)[C@H](C)NC(=O)CN. The lowest BCUT2D eigenvalue weighted by Crippen LogP contribution is -2.42. The fourth-order valence-electron chi connectivity index (χ4n) is 0.536. The topological polar surface area (TPSA) is 81.4 Å². The largest absolute Gasteiger partial charge is 0.467 e. The molecule has 0 heterocycles. The van der Waals surface area contributed by atoms with Crippen molar-refractivity contribution in [2.75, 3.05) is 13.7 Å². The van der Waals surface area contributed by atoms with E-state index in [4.69, 9.17) is 5.73 Å². The summed E-state index contributed by atoms with van der Waals surface area (Å²) in [7, 11) is 1.26. The highest BCUT2D eigenvalue weighted by atomic mass is 16.5. The van der Waals surface area contributed by atoms with Crippen LogP contribution in [-0.2, 0) is 14.3 Å². The molecule has 0 fully saturated rings. The highest BCUT2D eigenvalue weighted by Gasteiger charge is 2.13. The van der Waals surface area contributed by atoms with Gasteiger partial charge >= 0.3 is 5.97 Å². The number of hydrogen-bond acceptors (Lipinski definition) is 4. The molecule has 5 nitrogen and oxygen atoms in total. The summed E-state index contributed by atoms with van der Waals surface area (Å²) in [4.78, 5) is 21.3. The van der Waals surface area contributed by atoms with Gasteiger partial charge in [0, 0.05) is 0 Å². The maximum absolute atomic E-state index is 10.7. The van der Waals surface area contributed by atoms with Crippen molar-refractivity contribution in [2.45, 2.75) is 13.0 Å². The van der Waals surface area contributed by atoms with E-state index >= 15 is 0 Å². The minimum absolute atomic E-state index is 0.124. The van der Waals surface area contributed by atoms with E-state index in [1.807, 2.05) is 0 Å². The van der Waals surface area contributed by atoms with Crippen LogP contribution in [-0.4, -0.2) is 31.6 Å². The number of esters is 1. The molecule has 0 rings (SSSR count). The van der Waals surface area contributed by atoms with Gasteiger partial charge in [-0.25, -0.2) is 4.79 Å². The number of nitrogens with one attached hydrogen (secondary N) is 1. The molecule has 0 aliphatic carbocycles. The van der Waals surface area contributed by atoms with Crippen molar-refractivity contribution in [2.24, 2.45) is 5.73 Å². The molecule has 64 valence electrons. The molecule has 0 bridgehead atoms. The van der Waals surface area contributed by atoms with E-state index in [1.54, 1.807) is 0 Å². The van der Waals surface area contributed by atoms with Gasteiger partial charge in [-0.3, -0.25) is 4.79 Å².